The van der Waals surface area contributed by atoms with Gasteiger partial charge in [-0.25, -0.2) is 0 Å². The summed E-state index contributed by atoms with van der Waals surface area (Å²) < 4.78 is 0. The summed E-state index contributed by atoms with van der Waals surface area (Å²) in [5.41, 5.74) is 5.75. The Balaban J connectivity index is 1.56. The molecular weight excluding hydrogens is 524 g/mol. The van der Waals surface area contributed by atoms with Crippen LogP contribution in [-0.2, 0) is 14.4 Å². The Morgan fingerprint density at radius 1 is 0.925 bits per heavy atom. The first-order chi connectivity index (χ1) is 18.5. The van der Waals surface area contributed by atoms with Gasteiger partial charge in [0.05, 0.1) is 12.0 Å². The number of carbonyl (C=O) groups is 3. The topological polar surface area (TPSA) is 87.0 Å². The maximum atomic E-state index is 14.2. The summed E-state index contributed by atoms with van der Waals surface area (Å²) in [4.78, 5) is 46.7. The first-order valence-corrected chi connectivity index (χ1v) is 15.3. The van der Waals surface area contributed by atoms with E-state index < -0.39 is 11.3 Å². The number of benzene rings is 1. The van der Waals surface area contributed by atoms with E-state index in [2.05, 4.69) is 39.5 Å². The zero-order chi connectivity index (χ0) is 29.6. The number of hydrogen-bond donors (Lipinski definition) is 1. The van der Waals surface area contributed by atoms with Gasteiger partial charge in [-0.15, -0.1) is 0 Å². The third-order valence-corrected chi connectivity index (χ3v) is 10.1. The van der Waals surface area contributed by atoms with E-state index in [0.29, 0.717) is 31.1 Å². The Morgan fingerprint density at radius 2 is 1.52 bits per heavy atom. The summed E-state index contributed by atoms with van der Waals surface area (Å²) in [5, 5.41) is 0.689. The zero-order valence-corrected chi connectivity index (χ0v) is 26.3. The van der Waals surface area contributed by atoms with Crippen molar-refractivity contribution < 1.29 is 14.4 Å². The smallest absolute Gasteiger partial charge is 0.238 e. The highest BCUT2D eigenvalue weighted by Crippen LogP contribution is 2.41. The summed E-state index contributed by atoms with van der Waals surface area (Å²) in [6.07, 6.45) is 4.58. The van der Waals surface area contributed by atoms with Crippen molar-refractivity contribution in [3.63, 3.8) is 0 Å². The van der Waals surface area contributed by atoms with Crippen molar-refractivity contribution in [2.24, 2.45) is 22.5 Å². The van der Waals surface area contributed by atoms with E-state index >= 15 is 0 Å². The highest BCUT2D eigenvalue weighted by atomic mass is 35.5. The predicted molar refractivity (Wildman–Crippen MR) is 160 cm³/mol. The molecule has 2 N–H and O–H groups in total. The number of nitrogens with two attached hydrogens (primary N) is 1. The van der Waals surface area contributed by atoms with Gasteiger partial charge in [0.15, 0.2) is 0 Å². The largest absolute Gasteiger partial charge is 0.369 e. The molecular formula is C32H49ClN4O3. The summed E-state index contributed by atoms with van der Waals surface area (Å²) in [7, 11) is 0. The fourth-order valence-corrected chi connectivity index (χ4v) is 6.90. The number of rotatable bonds is 6. The molecule has 3 aliphatic rings. The second kappa shape index (κ2) is 11.3. The molecule has 2 heterocycles. The van der Waals surface area contributed by atoms with Crippen molar-refractivity contribution in [1.29, 1.82) is 0 Å². The summed E-state index contributed by atoms with van der Waals surface area (Å²) in [6.45, 7) is 17.0. The van der Waals surface area contributed by atoms with Crippen LogP contribution in [0.25, 0.3) is 0 Å². The van der Waals surface area contributed by atoms with Crippen LogP contribution < -0.4 is 5.73 Å². The van der Waals surface area contributed by atoms with Gasteiger partial charge < -0.3 is 15.5 Å². The third kappa shape index (κ3) is 6.35. The number of hydrogen-bond acceptors (Lipinski definition) is 4. The number of amides is 3. The van der Waals surface area contributed by atoms with E-state index in [1.807, 2.05) is 34.1 Å². The Bertz CT molecular complexity index is 1100. The fourth-order valence-electron chi connectivity index (χ4n) is 6.77. The molecule has 222 valence electrons. The Morgan fingerprint density at radius 3 is 2.08 bits per heavy atom. The lowest BCUT2D eigenvalue weighted by atomic mass is 9.74. The highest BCUT2D eigenvalue weighted by Gasteiger charge is 2.48. The maximum absolute atomic E-state index is 14.2. The molecule has 1 unspecified atom stereocenters. The Labute approximate surface area is 245 Å². The molecule has 8 heteroatoms. The summed E-state index contributed by atoms with van der Waals surface area (Å²) in [6, 6.07) is 7.84. The second-order valence-electron chi connectivity index (χ2n) is 14.7. The number of nitrogens with zero attached hydrogens (tertiary/aromatic N) is 3. The third-order valence-electron chi connectivity index (χ3n) is 9.84. The van der Waals surface area contributed by atoms with Crippen LogP contribution in [0.1, 0.15) is 92.1 Å². The molecule has 1 aromatic carbocycles. The molecule has 3 fully saturated rings. The first-order valence-electron chi connectivity index (χ1n) is 14.9. The molecule has 2 saturated heterocycles. The van der Waals surface area contributed by atoms with Crippen molar-refractivity contribution in [1.82, 2.24) is 14.7 Å². The minimum atomic E-state index is -1.29. The van der Waals surface area contributed by atoms with Crippen molar-refractivity contribution in [3.05, 3.63) is 34.9 Å². The number of primary amides is 1. The van der Waals surface area contributed by atoms with Crippen LogP contribution in [0.15, 0.2) is 24.3 Å². The fraction of sp³-hybridized carbons (Fsp3) is 0.719. The van der Waals surface area contributed by atoms with E-state index in [0.717, 1.165) is 37.8 Å². The van der Waals surface area contributed by atoms with Gasteiger partial charge in [-0.2, -0.15) is 0 Å². The standard InChI is InChI=1S/C32H49ClN4O3/c1-30(2,3)36-19-25(21-8-10-22(33)11-9-21)26(20-36)27(38)35-17-14-24(18-35)37(29(40)32(6,7)28(34)39)23-12-15-31(4,5)16-13-23/h8-11,23-26H,12-20H2,1-7H3,(H2,34,39)/t24?,25-,26+/m0/s1. The van der Waals surface area contributed by atoms with Crippen LogP contribution in [0.3, 0.4) is 0 Å². The van der Waals surface area contributed by atoms with Gasteiger partial charge in [0.25, 0.3) is 0 Å². The number of halogens is 1. The molecule has 0 bridgehead atoms. The van der Waals surface area contributed by atoms with Crippen LogP contribution in [0, 0.1) is 16.7 Å². The van der Waals surface area contributed by atoms with Crippen LogP contribution >= 0.6 is 11.6 Å². The van der Waals surface area contributed by atoms with Crippen molar-refractivity contribution in [2.45, 2.75) is 104 Å². The van der Waals surface area contributed by atoms with E-state index in [1.54, 1.807) is 13.8 Å². The van der Waals surface area contributed by atoms with Gasteiger partial charge in [-0.05, 0) is 89.8 Å². The number of carbonyl (C=O) groups excluding carboxylic acids is 3. The van der Waals surface area contributed by atoms with Crippen LogP contribution in [0.2, 0.25) is 5.02 Å². The molecule has 3 amide bonds. The van der Waals surface area contributed by atoms with Gasteiger partial charge in [0, 0.05) is 48.7 Å². The molecule has 4 rings (SSSR count). The molecule has 1 aromatic rings. The minimum absolute atomic E-state index is 0.0500. The highest BCUT2D eigenvalue weighted by molar-refractivity contribution is 6.30. The molecule has 0 aromatic heterocycles. The lowest BCUT2D eigenvalue weighted by Crippen LogP contribution is -2.57. The molecule has 2 aliphatic heterocycles. The molecule has 0 radical (unpaired) electrons. The zero-order valence-electron chi connectivity index (χ0n) is 25.5. The molecule has 7 nitrogen and oxygen atoms in total. The predicted octanol–water partition coefficient (Wildman–Crippen LogP) is 5.06. The van der Waals surface area contributed by atoms with Gasteiger partial charge in [-0.3, -0.25) is 19.3 Å². The molecule has 1 aliphatic carbocycles. The molecule has 3 atom stereocenters. The van der Waals surface area contributed by atoms with Gasteiger partial charge >= 0.3 is 0 Å². The van der Waals surface area contributed by atoms with Crippen LogP contribution in [0.5, 0.6) is 0 Å². The normalized spacial score (nSPS) is 26.2. The summed E-state index contributed by atoms with van der Waals surface area (Å²) >= 11 is 6.18. The van der Waals surface area contributed by atoms with Crippen molar-refractivity contribution >= 4 is 29.3 Å². The lowest BCUT2D eigenvalue weighted by Gasteiger charge is -2.45. The van der Waals surface area contributed by atoms with Gasteiger partial charge in [-0.1, -0.05) is 37.6 Å². The van der Waals surface area contributed by atoms with E-state index in [9.17, 15) is 14.4 Å². The van der Waals surface area contributed by atoms with E-state index in [1.165, 1.54) is 0 Å². The van der Waals surface area contributed by atoms with Gasteiger partial charge in [0.1, 0.15) is 5.41 Å². The molecule has 40 heavy (non-hydrogen) atoms. The quantitative estimate of drug-likeness (QED) is 0.483. The first kappa shape index (κ1) is 30.8. The Kier molecular flexibility index (Phi) is 8.69. The average molecular weight is 573 g/mol. The Hall–Kier alpha value is -2.12. The maximum Gasteiger partial charge on any atom is 0.238 e. The SMILES string of the molecule is CC1(C)CCC(N(C(=O)C(C)(C)C(N)=O)C2CCN(C(=O)[C@@H]3CN(C(C)(C)C)C[C@H]3c3ccc(Cl)cc3)C2)CC1. The van der Waals surface area contributed by atoms with Crippen LogP contribution in [0.4, 0.5) is 0 Å². The molecule has 1 saturated carbocycles. The minimum Gasteiger partial charge on any atom is -0.369 e. The monoisotopic (exact) mass is 572 g/mol. The van der Waals surface area contributed by atoms with E-state index in [-0.39, 0.29) is 46.7 Å². The lowest BCUT2D eigenvalue weighted by molar-refractivity contribution is -0.152. The van der Waals surface area contributed by atoms with Crippen LogP contribution in [-0.4, -0.2) is 76.2 Å². The number of likely N-dealkylation sites (tertiary alicyclic amines) is 2. The summed E-state index contributed by atoms with van der Waals surface area (Å²) in [5.74, 6) is -0.747. The molecule has 0 spiro atoms. The van der Waals surface area contributed by atoms with Crippen molar-refractivity contribution in [2.75, 3.05) is 26.2 Å². The average Bonchev–Trinajstić information content (AvgIpc) is 3.53. The van der Waals surface area contributed by atoms with Gasteiger partial charge in [0.2, 0.25) is 17.7 Å². The van der Waals surface area contributed by atoms with E-state index in [4.69, 9.17) is 17.3 Å². The second-order valence-corrected chi connectivity index (χ2v) is 15.1. The van der Waals surface area contributed by atoms with Crippen molar-refractivity contribution in [3.8, 4) is 0 Å².